The number of rotatable bonds is 5. The van der Waals surface area contributed by atoms with E-state index in [-0.39, 0.29) is 5.92 Å². The number of nitrogens with one attached hydrogen (secondary N) is 1. The van der Waals surface area contributed by atoms with E-state index in [0.717, 1.165) is 52.7 Å². The maximum absolute atomic E-state index is 9.05. The molecular formula is C25H25N5O. The van der Waals surface area contributed by atoms with Crippen LogP contribution in [0, 0.1) is 5.41 Å². The van der Waals surface area contributed by atoms with Crippen molar-refractivity contribution in [1.82, 2.24) is 19.4 Å². The van der Waals surface area contributed by atoms with Gasteiger partial charge in [-0.3, -0.25) is 10.4 Å². The van der Waals surface area contributed by atoms with Crippen molar-refractivity contribution in [3.8, 4) is 11.6 Å². The number of aryl methyl sites for hydroxylation is 1. The Balaban J connectivity index is 1.72. The molecule has 4 aromatic rings. The molecule has 3 heterocycles. The molecule has 0 amide bonds. The van der Waals surface area contributed by atoms with Gasteiger partial charge in [0.15, 0.2) is 0 Å². The highest BCUT2D eigenvalue weighted by atomic mass is 16.5. The number of hydrogen-bond donors (Lipinski definition) is 1. The molecule has 2 aromatic heterocycles. The highest BCUT2D eigenvalue weighted by molar-refractivity contribution is 5.90. The maximum atomic E-state index is 9.05. The van der Waals surface area contributed by atoms with Crippen molar-refractivity contribution in [2.75, 3.05) is 20.6 Å². The average Bonchev–Trinajstić information content (AvgIpc) is 2.79. The van der Waals surface area contributed by atoms with E-state index >= 15 is 0 Å². The molecule has 156 valence electrons. The first-order chi connectivity index (χ1) is 15.1. The lowest BCUT2D eigenvalue weighted by atomic mass is 9.82. The van der Waals surface area contributed by atoms with Crippen molar-refractivity contribution in [2.45, 2.75) is 18.9 Å². The number of ether oxygens (including phenoxy) is 1. The Bertz CT molecular complexity index is 1300. The lowest BCUT2D eigenvalue weighted by Gasteiger charge is -2.29. The summed E-state index contributed by atoms with van der Waals surface area (Å²) in [5.41, 5.74) is 3.34. The quantitative estimate of drug-likeness (QED) is 0.472. The molecule has 0 aliphatic carbocycles. The normalized spacial score (nSPS) is 14.9. The predicted octanol–water partition coefficient (Wildman–Crippen LogP) is 4.15. The molecule has 6 heteroatoms. The van der Waals surface area contributed by atoms with Crippen LogP contribution in [0.4, 0.5) is 0 Å². The van der Waals surface area contributed by atoms with E-state index in [0.29, 0.717) is 11.4 Å². The van der Waals surface area contributed by atoms with Crippen LogP contribution in [0.25, 0.3) is 10.8 Å². The Morgan fingerprint density at radius 2 is 1.94 bits per heavy atom. The molecule has 2 aromatic carbocycles. The number of pyridine rings is 1. The van der Waals surface area contributed by atoms with Gasteiger partial charge in [-0.15, -0.1) is 0 Å². The molecule has 1 aliphatic heterocycles. The fourth-order valence-electron chi connectivity index (χ4n) is 4.36. The van der Waals surface area contributed by atoms with E-state index in [1.165, 1.54) is 0 Å². The minimum atomic E-state index is -0.167. The van der Waals surface area contributed by atoms with E-state index < -0.39 is 0 Å². The lowest BCUT2D eigenvalue weighted by Crippen LogP contribution is -2.30. The Hall–Kier alpha value is -3.51. The molecule has 0 saturated carbocycles. The molecule has 6 nitrogen and oxygen atoms in total. The topological polar surface area (TPSA) is 67.0 Å². The standard InChI is InChI=1S/C25H25N5O/c1-29(2)13-6-14-30-16-28-25-23(24(30)26)21(18-8-5-12-27-15-18)22-19-9-4-3-7-17(19)10-11-20(22)31-25/h3-5,7-12,15-16,21,26H,6,13-14H2,1-2H3. The SMILES string of the molecule is CN(C)CCCn1cnc2c(c1=N)C(c1cccnc1)c1c(ccc3ccccc13)O2. The third kappa shape index (κ3) is 3.49. The summed E-state index contributed by atoms with van der Waals surface area (Å²) in [5.74, 6) is 1.13. The first kappa shape index (κ1) is 19.5. The van der Waals surface area contributed by atoms with Gasteiger partial charge in [0, 0.05) is 30.4 Å². The van der Waals surface area contributed by atoms with Crippen LogP contribution in [-0.2, 0) is 6.54 Å². The molecule has 1 unspecified atom stereocenters. The van der Waals surface area contributed by atoms with Crippen LogP contribution >= 0.6 is 0 Å². The zero-order chi connectivity index (χ0) is 21.4. The van der Waals surface area contributed by atoms with Gasteiger partial charge in [-0.2, -0.15) is 0 Å². The fraction of sp³-hybridized carbons (Fsp3) is 0.240. The zero-order valence-electron chi connectivity index (χ0n) is 17.7. The van der Waals surface area contributed by atoms with Crippen molar-refractivity contribution < 1.29 is 4.74 Å². The second-order valence-corrected chi connectivity index (χ2v) is 8.18. The van der Waals surface area contributed by atoms with Gasteiger partial charge >= 0.3 is 0 Å². The summed E-state index contributed by atoms with van der Waals surface area (Å²) in [5, 5.41) is 11.3. The van der Waals surface area contributed by atoms with E-state index in [4.69, 9.17) is 10.1 Å². The van der Waals surface area contributed by atoms with Crippen molar-refractivity contribution in [1.29, 1.82) is 5.41 Å². The molecule has 1 aliphatic rings. The third-order valence-electron chi connectivity index (χ3n) is 5.82. The van der Waals surface area contributed by atoms with Crippen LogP contribution in [0.2, 0.25) is 0 Å². The summed E-state index contributed by atoms with van der Waals surface area (Å²) < 4.78 is 8.16. The zero-order valence-corrected chi connectivity index (χ0v) is 17.7. The summed E-state index contributed by atoms with van der Waals surface area (Å²) in [7, 11) is 4.12. The molecule has 0 bridgehead atoms. The molecule has 1 N–H and O–H groups in total. The second-order valence-electron chi connectivity index (χ2n) is 8.18. The van der Waals surface area contributed by atoms with E-state index in [9.17, 15) is 0 Å². The van der Waals surface area contributed by atoms with Crippen LogP contribution in [0.5, 0.6) is 11.6 Å². The number of nitrogens with zero attached hydrogens (tertiary/aromatic N) is 4. The van der Waals surface area contributed by atoms with Crippen molar-refractivity contribution in [3.05, 3.63) is 89.4 Å². The minimum absolute atomic E-state index is 0.167. The first-order valence-corrected chi connectivity index (χ1v) is 10.5. The van der Waals surface area contributed by atoms with Gasteiger partial charge in [-0.25, -0.2) is 4.98 Å². The molecule has 1 atom stereocenters. The molecule has 0 saturated heterocycles. The van der Waals surface area contributed by atoms with Gasteiger partial charge in [-0.05, 0) is 55.5 Å². The molecule has 0 spiro atoms. The lowest BCUT2D eigenvalue weighted by molar-refractivity contribution is 0.379. The monoisotopic (exact) mass is 411 g/mol. The van der Waals surface area contributed by atoms with Crippen LogP contribution in [0.15, 0.2) is 67.3 Å². The van der Waals surface area contributed by atoms with Gasteiger partial charge in [0.2, 0.25) is 5.88 Å². The highest BCUT2D eigenvalue weighted by Crippen LogP contribution is 2.47. The molecule has 31 heavy (non-hydrogen) atoms. The van der Waals surface area contributed by atoms with Gasteiger partial charge in [0.05, 0.1) is 5.56 Å². The van der Waals surface area contributed by atoms with Crippen molar-refractivity contribution >= 4 is 10.8 Å². The van der Waals surface area contributed by atoms with Crippen LogP contribution < -0.4 is 10.2 Å². The Morgan fingerprint density at radius 3 is 2.74 bits per heavy atom. The largest absolute Gasteiger partial charge is 0.438 e. The summed E-state index contributed by atoms with van der Waals surface area (Å²) >= 11 is 0. The smallest absolute Gasteiger partial charge is 0.228 e. The molecule has 0 fully saturated rings. The number of fused-ring (bicyclic) bond motifs is 4. The Labute approximate surface area is 181 Å². The summed E-state index contributed by atoms with van der Waals surface area (Å²) in [6, 6.07) is 16.4. The van der Waals surface area contributed by atoms with Gasteiger partial charge in [0.1, 0.15) is 17.6 Å². The Kier molecular flexibility index (Phi) is 5.00. The van der Waals surface area contributed by atoms with Crippen LogP contribution in [0.3, 0.4) is 0 Å². The highest BCUT2D eigenvalue weighted by Gasteiger charge is 2.33. The molecular weight excluding hydrogens is 386 g/mol. The third-order valence-corrected chi connectivity index (χ3v) is 5.82. The second kappa shape index (κ2) is 7.96. The Morgan fingerprint density at radius 1 is 1.06 bits per heavy atom. The minimum Gasteiger partial charge on any atom is -0.438 e. The number of benzene rings is 2. The summed E-state index contributed by atoms with van der Waals surface area (Å²) in [4.78, 5) is 11.1. The van der Waals surface area contributed by atoms with Crippen LogP contribution in [-0.4, -0.2) is 40.1 Å². The van der Waals surface area contributed by atoms with E-state index in [1.54, 1.807) is 12.5 Å². The van der Waals surface area contributed by atoms with E-state index in [2.05, 4.69) is 53.2 Å². The molecule has 0 radical (unpaired) electrons. The van der Waals surface area contributed by atoms with E-state index in [1.807, 2.05) is 35.0 Å². The van der Waals surface area contributed by atoms with Crippen molar-refractivity contribution in [2.24, 2.45) is 0 Å². The number of hydrogen-bond acceptors (Lipinski definition) is 5. The first-order valence-electron chi connectivity index (χ1n) is 10.5. The summed E-state index contributed by atoms with van der Waals surface area (Å²) in [6.45, 7) is 1.69. The predicted molar refractivity (Wildman–Crippen MR) is 120 cm³/mol. The number of aromatic nitrogens is 3. The molecule has 5 rings (SSSR count). The van der Waals surface area contributed by atoms with Gasteiger partial charge in [-0.1, -0.05) is 36.4 Å². The fourth-order valence-corrected chi connectivity index (χ4v) is 4.36. The average molecular weight is 412 g/mol. The maximum Gasteiger partial charge on any atom is 0.228 e. The summed E-state index contributed by atoms with van der Waals surface area (Å²) in [6.07, 6.45) is 6.33. The van der Waals surface area contributed by atoms with Gasteiger partial charge in [0.25, 0.3) is 0 Å². The van der Waals surface area contributed by atoms with Gasteiger partial charge < -0.3 is 14.2 Å². The van der Waals surface area contributed by atoms with Crippen LogP contribution in [0.1, 0.15) is 29.0 Å². The van der Waals surface area contributed by atoms with Crippen molar-refractivity contribution in [3.63, 3.8) is 0 Å².